The van der Waals surface area contributed by atoms with E-state index in [-0.39, 0.29) is 22.8 Å². The third-order valence-corrected chi connectivity index (χ3v) is 10.00. The first kappa shape index (κ1) is 28.3. The van der Waals surface area contributed by atoms with Crippen LogP contribution in [0.3, 0.4) is 0 Å². The number of aliphatic hydroxyl groups is 1. The van der Waals surface area contributed by atoms with E-state index in [0.717, 1.165) is 23.6 Å². The van der Waals surface area contributed by atoms with Crippen molar-refractivity contribution in [2.24, 2.45) is 0 Å². The fraction of sp³-hybridized carbons (Fsp3) is 0.345. The van der Waals surface area contributed by atoms with Gasteiger partial charge >= 0.3 is 0 Å². The predicted octanol–water partition coefficient (Wildman–Crippen LogP) is 2.89. The summed E-state index contributed by atoms with van der Waals surface area (Å²) in [5, 5.41) is 11.6. The number of aliphatic hydroxyl groups excluding tert-OH is 1. The van der Waals surface area contributed by atoms with Crippen molar-refractivity contribution in [3.63, 3.8) is 0 Å². The smallest absolute Gasteiger partial charge is 0.261 e. The van der Waals surface area contributed by atoms with Crippen LogP contribution >= 0.6 is 11.8 Å². The van der Waals surface area contributed by atoms with Gasteiger partial charge in [0.05, 0.1) is 22.6 Å². The van der Waals surface area contributed by atoms with Gasteiger partial charge in [0.2, 0.25) is 15.9 Å². The Morgan fingerprint density at radius 1 is 1.00 bits per heavy atom. The minimum absolute atomic E-state index is 0.0315. The molecule has 0 bridgehead atoms. The van der Waals surface area contributed by atoms with E-state index in [1.54, 1.807) is 53.1 Å². The fourth-order valence-corrected chi connectivity index (χ4v) is 7.58. The Balaban J connectivity index is 1.13. The van der Waals surface area contributed by atoms with Gasteiger partial charge in [-0.2, -0.15) is 16.5 Å². The second kappa shape index (κ2) is 12.1. The van der Waals surface area contributed by atoms with E-state index in [1.165, 1.54) is 11.0 Å². The maximum Gasteiger partial charge on any atom is 0.261 e. The van der Waals surface area contributed by atoms with Crippen molar-refractivity contribution in [3.8, 4) is 0 Å². The zero-order valence-electron chi connectivity index (χ0n) is 21.9. The van der Waals surface area contributed by atoms with Gasteiger partial charge in [-0.25, -0.2) is 8.42 Å². The van der Waals surface area contributed by atoms with Crippen LogP contribution in [0.2, 0.25) is 0 Å². The quantitative estimate of drug-likeness (QED) is 0.264. The van der Waals surface area contributed by atoms with Gasteiger partial charge in [0.1, 0.15) is 6.04 Å². The highest BCUT2D eigenvalue weighted by Crippen LogP contribution is 2.25. The monoisotopic (exact) mass is 581 g/mol. The van der Waals surface area contributed by atoms with Crippen LogP contribution in [-0.2, 0) is 14.8 Å². The highest BCUT2D eigenvalue weighted by atomic mass is 32.2. The molecule has 2 atom stereocenters. The summed E-state index contributed by atoms with van der Waals surface area (Å²) >= 11 is 1.63. The molecule has 0 aromatic heterocycles. The SMILES string of the molecule is O=C1c2ccccc2C(=O)N1CCCSCC1CCCN1C(=O)C(CO)NS(=O)(=O)c1ccc2ccccc2c1. The van der Waals surface area contributed by atoms with Crippen LogP contribution in [0.1, 0.15) is 40.0 Å². The van der Waals surface area contributed by atoms with Crippen LogP contribution in [0.15, 0.2) is 71.6 Å². The molecule has 11 heteroatoms. The highest BCUT2D eigenvalue weighted by Gasteiger charge is 2.36. The van der Waals surface area contributed by atoms with Crippen molar-refractivity contribution < 1.29 is 27.9 Å². The first-order chi connectivity index (χ1) is 19.3. The molecule has 0 spiro atoms. The number of amides is 3. The van der Waals surface area contributed by atoms with Crippen LogP contribution in [-0.4, -0.2) is 84.3 Å². The number of carbonyl (C=O) groups is 3. The number of nitrogens with one attached hydrogen (secondary N) is 1. The summed E-state index contributed by atoms with van der Waals surface area (Å²) in [4.78, 5) is 41.3. The summed E-state index contributed by atoms with van der Waals surface area (Å²) in [5.41, 5.74) is 0.880. The molecule has 3 aromatic carbocycles. The van der Waals surface area contributed by atoms with E-state index in [4.69, 9.17) is 0 Å². The number of nitrogens with zero attached hydrogens (tertiary/aromatic N) is 2. The van der Waals surface area contributed by atoms with Crippen molar-refractivity contribution in [2.45, 2.75) is 36.2 Å². The van der Waals surface area contributed by atoms with E-state index in [2.05, 4.69) is 4.72 Å². The number of sulfonamides is 1. The molecular formula is C29H31N3O6S2. The fourth-order valence-electron chi connectivity index (χ4n) is 5.24. The molecule has 2 heterocycles. The molecule has 5 rings (SSSR count). The molecule has 210 valence electrons. The maximum atomic E-state index is 13.3. The van der Waals surface area contributed by atoms with Crippen LogP contribution in [0.25, 0.3) is 10.8 Å². The Morgan fingerprint density at radius 3 is 2.38 bits per heavy atom. The summed E-state index contributed by atoms with van der Waals surface area (Å²) in [6, 6.07) is 17.6. The maximum absolute atomic E-state index is 13.3. The minimum Gasteiger partial charge on any atom is -0.394 e. The Labute approximate surface area is 237 Å². The van der Waals surface area contributed by atoms with Gasteiger partial charge in [-0.05, 0) is 60.1 Å². The first-order valence-corrected chi connectivity index (χ1v) is 15.9. The van der Waals surface area contributed by atoms with Gasteiger partial charge < -0.3 is 10.0 Å². The molecule has 2 unspecified atom stereocenters. The van der Waals surface area contributed by atoms with Crippen LogP contribution in [0.4, 0.5) is 0 Å². The topological polar surface area (TPSA) is 124 Å². The third kappa shape index (κ3) is 5.78. The van der Waals surface area contributed by atoms with Crippen LogP contribution in [0, 0.1) is 0 Å². The van der Waals surface area contributed by atoms with E-state index >= 15 is 0 Å². The Kier molecular flexibility index (Phi) is 8.55. The predicted molar refractivity (Wildman–Crippen MR) is 154 cm³/mol. The molecule has 0 radical (unpaired) electrons. The number of imide groups is 1. The summed E-state index contributed by atoms with van der Waals surface area (Å²) in [7, 11) is -4.04. The molecular weight excluding hydrogens is 550 g/mol. The normalized spacial score (nSPS) is 18.0. The highest BCUT2D eigenvalue weighted by molar-refractivity contribution is 7.99. The van der Waals surface area contributed by atoms with Gasteiger partial charge in [0, 0.05) is 24.9 Å². The van der Waals surface area contributed by atoms with E-state index in [0.29, 0.717) is 42.1 Å². The zero-order valence-corrected chi connectivity index (χ0v) is 23.5. The summed E-state index contributed by atoms with van der Waals surface area (Å²) < 4.78 is 28.5. The van der Waals surface area contributed by atoms with E-state index in [9.17, 15) is 27.9 Å². The van der Waals surface area contributed by atoms with Crippen molar-refractivity contribution in [1.82, 2.24) is 14.5 Å². The average Bonchev–Trinajstić information content (AvgIpc) is 3.53. The lowest BCUT2D eigenvalue weighted by Gasteiger charge is -2.28. The lowest BCUT2D eigenvalue weighted by molar-refractivity contribution is -0.134. The lowest BCUT2D eigenvalue weighted by Crippen LogP contribution is -2.52. The summed E-state index contributed by atoms with van der Waals surface area (Å²) in [5.74, 6) is 0.368. The Hall–Kier alpha value is -3.25. The number of likely N-dealkylation sites (tertiary alicyclic amines) is 1. The van der Waals surface area contributed by atoms with Crippen LogP contribution in [0.5, 0.6) is 0 Å². The largest absolute Gasteiger partial charge is 0.394 e. The van der Waals surface area contributed by atoms with Crippen molar-refractivity contribution in [3.05, 3.63) is 77.9 Å². The van der Waals surface area contributed by atoms with E-state index < -0.39 is 28.6 Å². The van der Waals surface area contributed by atoms with Gasteiger partial charge in [-0.15, -0.1) is 0 Å². The third-order valence-electron chi connectivity index (χ3n) is 7.33. The summed E-state index contributed by atoms with van der Waals surface area (Å²) in [6.45, 7) is 0.172. The minimum atomic E-state index is -4.04. The van der Waals surface area contributed by atoms with Crippen LogP contribution < -0.4 is 4.72 Å². The molecule has 0 aliphatic carbocycles. The van der Waals surface area contributed by atoms with E-state index in [1.807, 2.05) is 24.3 Å². The molecule has 3 aromatic rings. The number of hydrogen-bond acceptors (Lipinski definition) is 7. The number of carbonyl (C=O) groups excluding carboxylic acids is 3. The van der Waals surface area contributed by atoms with Crippen molar-refractivity contribution in [1.29, 1.82) is 0 Å². The number of rotatable bonds is 11. The number of fused-ring (bicyclic) bond motifs is 2. The molecule has 40 heavy (non-hydrogen) atoms. The second-order valence-corrected chi connectivity index (χ2v) is 12.8. The summed E-state index contributed by atoms with van der Waals surface area (Å²) in [6.07, 6.45) is 2.20. The van der Waals surface area contributed by atoms with Crippen molar-refractivity contribution >= 4 is 50.3 Å². The second-order valence-electron chi connectivity index (χ2n) is 9.93. The molecule has 1 fully saturated rings. The number of hydrogen-bond donors (Lipinski definition) is 2. The molecule has 2 aliphatic heterocycles. The van der Waals surface area contributed by atoms with Gasteiger partial charge in [0.25, 0.3) is 11.8 Å². The molecule has 1 saturated heterocycles. The molecule has 9 nitrogen and oxygen atoms in total. The molecule has 2 aliphatic rings. The van der Waals surface area contributed by atoms with Gasteiger partial charge in [-0.3, -0.25) is 19.3 Å². The zero-order chi connectivity index (χ0) is 28.3. The first-order valence-electron chi connectivity index (χ1n) is 13.3. The molecule has 2 N–H and O–H groups in total. The number of benzene rings is 3. The van der Waals surface area contributed by atoms with Gasteiger partial charge in [0.15, 0.2) is 0 Å². The standard InChI is InChI=1S/C29H31N3O6S2/c33-18-26(30-40(37,38)23-13-12-20-7-1-2-8-21(20)17-23)29(36)31-14-5-9-22(31)19-39-16-6-15-32-27(34)24-10-3-4-11-25(24)28(32)35/h1-4,7-8,10-13,17,22,26,30,33H,5-6,9,14-16,18-19H2. The van der Waals surface area contributed by atoms with Gasteiger partial charge in [-0.1, -0.05) is 42.5 Å². The molecule has 3 amide bonds. The lowest BCUT2D eigenvalue weighted by atomic mass is 10.1. The molecule has 0 saturated carbocycles. The van der Waals surface area contributed by atoms with Crippen molar-refractivity contribution in [2.75, 3.05) is 31.2 Å². The average molecular weight is 582 g/mol. The Morgan fingerprint density at radius 2 is 1.68 bits per heavy atom. The Bertz CT molecular complexity index is 1510. The number of thioether (sulfide) groups is 1.